The van der Waals surface area contributed by atoms with Crippen molar-refractivity contribution in [1.82, 2.24) is 25.3 Å². The van der Waals surface area contributed by atoms with Crippen LogP contribution in [-0.4, -0.2) is 40.1 Å². The number of nitrogens with one attached hydrogen (secondary N) is 2. The van der Waals surface area contributed by atoms with E-state index in [0.29, 0.717) is 22.7 Å². The molecule has 9 nitrogen and oxygen atoms in total. The number of carbonyl (C=O) groups is 1. The van der Waals surface area contributed by atoms with E-state index >= 15 is 0 Å². The number of fused-ring (bicyclic) bond motifs is 1. The van der Waals surface area contributed by atoms with Crippen molar-refractivity contribution in [3.63, 3.8) is 0 Å². The SMILES string of the molecule is COc1ccc([C@@H](C)NC(=O)/C(C#N)=C/c2c[nH]c3ncc(-c4cncnc4)cc23)cc1OC. The summed E-state index contributed by atoms with van der Waals surface area (Å²) < 4.78 is 10.6. The number of nitrogens with zero attached hydrogens (tertiary/aromatic N) is 4. The van der Waals surface area contributed by atoms with Crippen molar-refractivity contribution in [3.05, 3.63) is 72.1 Å². The first kappa shape index (κ1) is 22.5. The monoisotopic (exact) mass is 454 g/mol. The van der Waals surface area contributed by atoms with Crippen LogP contribution in [-0.2, 0) is 4.79 Å². The van der Waals surface area contributed by atoms with E-state index in [2.05, 4.69) is 25.3 Å². The summed E-state index contributed by atoms with van der Waals surface area (Å²) in [5.41, 5.74) is 3.74. The third kappa shape index (κ3) is 4.56. The number of H-pyrrole nitrogens is 1. The molecule has 4 aromatic rings. The quantitative estimate of drug-likeness (QED) is 0.321. The molecular formula is C25H22N6O3. The van der Waals surface area contributed by atoms with E-state index in [4.69, 9.17) is 9.47 Å². The largest absolute Gasteiger partial charge is 0.493 e. The van der Waals surface area contributed by atoms with Gasteiger partial charge in [-0.25, -0.2) is 15.0 Å². The normalized spacial score (nSPS) is 12.1. The summed E-state index contributed by atoms with van der Waals surface area (Å²) in [5, 5.41) is 13.3. The minimum atomic E-state index is -0.486. The Labute approximate surface area is 196 Å². The zero-order chi connectivity index (χ0) is 24.1. The Morgan fingerprint density at radius 1 is 1.12 bits per heavy atom. The topological polar surface area (TPSA) is 126 Å². The Bertz CT molecular complexity index is 1410. The molecule has 0 aliphatic heterocycles. The summed E-state index contributed by atoms with van der Waals surface area (Å²) in [6.45, 7) is 1.83. The summed E-state index contributed by atoms with van der Waals surface area (Å²) in [4.78, 5) is 28.5. The smallest absolute Gasteiger partial charge is 0.262 e. The molecule has 0 aliphatic carbocycles. The maximum Gasteiger partial charge on any atom is 0.262 e. The van der Waals surface area contributed by atoms with E-state index in [0.717, 1.165) is 22.1 Å². The van der Waals surface area contributed by atoms with Crippen molar-refractivity contribution in [2.24, 2.45) is 0 Å². The van der Waals surface area contributed by atoms with Gasteiger partial charge in [-0.2, -0.15) is 5.26 Å². The Morgan fingerprint density at radius 3 is 2.59 bits per heavy atom. The first-order valence-electron chi connectivity index (χ1n) is 10.4. The molecule has 0 fully saturated rings. The van der Waals surface area contributed by atoms with Gasteiger partial charge in [0.1, 0.15) is 23.6 Å². The summed E-state index contributed by atoms with van der Waals surface area (Å²) in [6, 6.07) is 8.95. The lowest BCUT2D eigenvalue weighted by molar-refractivity contribution is -0.117. The number of pyridine rings is 1. The van der Waals surface area contributed by atoms with Crippen LogP contribution >= 0.6 is 0 Å². The van der Waals surface area contributed by atoms with E-state index < -0.39 is 5.91 Å². The van der Waals surface area contributed by atoms with Gasteiger partial charge in [0, 0.05) is 46.9 Å². The fourth-order valence-corrected chi connectivity index (χ4v) is 3.53. The van der Waals surface area contributed by atoms with Gasteiger partial charge in [0.2, 0.25) is 0 Å². The van der Waals surface area contributed by atoms with Crippen LogP contribution in [0.2, 0.25) is 0 Å². The molecule has 0 spiro atoms. The van der Waals surface area contributed by atoms with Crippen LogP contribution in [0.15, 0.2) is 61.0 Å². The summed E-state index contributed by atoms with van der Waals surface area (Å²) in [5.74, 6) is 0.666. The van der Waals surface area contributed by atoms with Crippen molar-refractivity contribution >= 4 is 23.0 Å². The number of carbonyl (C=O) groups excluding carboxylic acids is 1. The average Bonchev–Trinajstić information content (AvgIpc) is 3.29. The molecule has 2 N–H and O–H groups in total. The van der Waals surface area contributed by atoms with Gasteiger partial charge in [-0.3, -0.25) is 4.79 Å². The van der Waals surface area contributed by atoms with Crippen LogP contribution in [0.3, 0.4) is 0 Å². The van der Waals surface area contributed by atoms with Crippen LogP contribution in [0.4, 0.5) is 0 Å². The van der Waals surface area contributed by atoms with Gasteiger partial charge in [-0.15, -0.1) is 0 Å². The van der Waals surface area contributed by atoms with Gasteiger partial charge in [-0.05, 0) is 36.8 Å². The molecule has 0 unspecified atom stereocenters. The molecule has 3 aromatic heterocycles. The first-order chi connectivity index (χ1) is 16.5. The number of aromatic nitrogens is 4. The van der Waals surface area contributed by atoms with Crippen molar-refractivity contribution in [1.29, 1.82) is 5.26 Å². The maximum atomic E-state index is 12.9. The molecule has 0 aliphatic rings. The van der Waals surface area contributed by atoms with Gasteiger partial charge < -0.3 is 19.8 Å². The molecule has 1 amide bonds. The van der Waals surface area contributed by atoms with Gasteiger partial charge in [0.05, 0.1) is 20.3 Å². The average molecular weight is 454 g/mol. The third-order valence-electron chi connectivity index (χ3n) is 5.38. The van der Waals surface area contributed by atoms with Crippen LogP contribution in [0.25, 0.3) is 28.2 Å². The van der Waals surface area contributed by atoms with Gasteiger partial charge >= 0.3 is 0 Å². The highest BCUT2D eigenvalue weighted by atomic mass is 16.5. The van der Waals surface area contributed by atoms with Gasteiger partial charge in [-0.1, -0.05) is 6.07 Å². The van der Waals surface area contributed by atoms with Crippen LogP contribution < -0.4 is 14.8 Å². The number of benzene rings is 1. The molecule has 4 rings (SSSR count). The number of hydrogen-bond acceptors (Lipinski definition) is 7. The van der Waals surface area contributed by atoms with E-state index in [1.807, 2.05) is 25.1 Å². The molecule has 0 saturated heterocycles. The zero-order valence-electron chi connectivity index (χ0n) is 18.9. The fourth-order valence-electron chi connectivity index (χ4n) is 3.53. The standard InChI is InChI=1S/C25H22N6O3/c1-15(16-4-5-22(33-2)23(8-16)34-3)31-25(32)17(9-26)6-19-13-30-24-21(19)7-18(12-29-24)20-10-27-14-28-11-20/h4-8,10-15H,1-3H3,(H,29,30)(H,31,32)/b17-6+/t15-/m1/s1. The fraction of sp³-hybridized carbons (Fsp3) is 0.160. The second kappa shape index (κ2) is 9.83. The molecule has 0 bridgehead atoms. The predicted molar refractivity (Wildman–Crippen MR) is 127 cm³/mol. The molecule has 9 heteroatoms. The van der Waals surface area contributed by atoms with Crippen LogP contribution in [0, 0.1) is 11.3 Å². The Balaban J connectivity index is 1.59. The highest BCUT2D eigenvalue weighted by molar-refractivity contribution is 6.04. The Morgan fingerprint density at radius 2 is 1.88 bits per heavy atom. The van der Waals surface area contributed by atoms with Gasteiger partial charge in [0.25, 0.3) is 5.91 Å². The van der Waals surface area contributed by atoms with Gasteiger partial charge in [0.15, 0.2) is 11.5 Å². The molecule has 1 aromatic carbocycles. The molecule has 170 valence electrons. The summed E-state index contributed by atoms with van der Waals surface area (Å²) in [6.07, 6.45) is 9.83. The summed E-state index contributed by atoms with van der Waals surface area (Å²) >= 11 is 0. The zero-order valence-corrected chi connectivity index (χ0v) is 18.9. The molecule has 0 radical (unpaired) electrons. The van der Waals surface area contributed by atoms with E-state index in [1.54, 1.807) is 57.2 Å². The van der Waals surface area contributed by atoms with Crippen molar-refractivity contribution in [2.45, 2.75) is 13.0 Å². The highest BCUT2D eigenvalue weighted by Crippen LogP contribution is 2.30. The predicted octanol–water partition coefficient (Wildman–Crippen LogP) is 3.82. The molecule has 0 saturated carbocycles. The summed E-state index contributed by atoms with van der Waals surface area (Å²) in [7, 11) is 3.11. The number of aromatic amines is 1. The third-order valence-corrected chi connectivity index (χ3v) is 5.38. The minimum Gasteiger partial charge on any atom is -0.493 e. The lowest BCUT2D eigenvalue weighted by atomic mass is 10.1. The number of rotatable bonds is 7. The van der Waals surface area contributed by atoms with Crippen LogP contribution in [0.1, 0.15) is 24.1 Å². The Kier molecular flexibility index (Phi) is 6.50. The molecule has 34 heavy (non-hydrogen) atoms. The van der Waals surface area contributed by atoms with Crippen molar-refractivity contribution < 1.29 is 14.3 Å². The van der Waals surface area contributed by atoms with E-state index in [-0.39, 0.29) is 11.6 Å². The lowest BCUT2D eigenvalue weighted by Crippen LogP contribution is -2.27. The number of nitriles is 1. The van der Waals surface area contributed by atoms with E-state index in [9.17, 15) is 10.1 Å². The van der Waals surface area contributed by atoms with Crippen molar-refractivity contribution in [2.75, 3.05) is 14.2 Å². The molecule has 3 heterocycles. The number of hydrogen-bond donors (Lipinski definition) is 2. The second-order valence-corrected chi connectivity index (χ2v) is 7.47. The number of amides is 1. The molecule has 1 atom stereocenters. The number of ether oxygens (including phenoxy) is 2. The number of methoxy groups -OCH3 is 2. The highest BCUT2D eigenvalue weighted by Gasteiger charge is 2.17. The minimum absolute atomic E-state index is 0.0262. The van der Waals surface area contributed by atoms with E-state index in [1.165, 1.54) is 6.33 Å². The first-order valence-corrected chi connectivity index (χ1v) is 10.4. The molecular weight excluding hydrogens is 432 g/mol. The second-order valence-electron chi connectivity index (χ2n) is 7.47. The maximum absolute atomic E-state index is 12.9. The van der Waals surface area contributed by atoms with Crippen molar-refractivity contribution in [3.8, 4) is 28.7 Å². The lowest BCUT2D eigenvalue weighted by Gasteiger charge is -2.16. The Hall–Kier alpha value is -4.71. The van der Waals surface area contributed by atoms with Crippen LogP contribution in [0.5, 0.6) is 11.5 Å².